The van der Waals surface area contributed by atoms with E-state index in [0.717, 1.165) is 25.7 Å². The molecule has 1 aromatic carbocycles. The van der Waals surface area contributed by atoms with Gasteiger partial charge in [0, 0.05) is 29.7 Å². The average molecular weight is 313 g/mol. The lowest BCUT2D eigenvalue weighted by molar-refractivity contribution is -0.385. The second kappa shape index (κ2) is 6.73. The maximum atomic E-state index is 11.0. The zero-order valence-corrected chi connectivity index (χ0v) is 12.9. The van der Waals surface area contributed by atoms with Crippen LogP contribution in [0.4, 0.5) is 5.69 Å². The average Bonchev–Trinajstić information content (AvgIpc) is 2.42. The van der Waals surface area contributed by atoms with Crippen LogP contribution >= 0.6 is 11.6 Å². The lowest BCUT2D eigenvalue weighted by Gasteiger charge is -2.35. The van der Waals surface area contributed by atoms with Crippen LogP contribution < -0.4 is 5.32 Å². The minimum Gasteiger partial charge on any atom is -0.389 e. The number of nitro benzene ring substituents is 1. The molecule has 2 rings (SSSR count). The highest BCUT2D eigenvalue weighted by molar-refractivity contribution is 6.30. The van der Waals surface area contributed by atoms with Gasteiger partial charge < -0.3 is 10.4 Å². The molecule has 0 aromatic heterocycles. The Morgan fingerprint density at radius 2 is 2.14 bits per heavy atom. The lowest BCUT2D eigenvalue weighted by Crippen LogP contribution is -2.43. The Labute approximate surface area is 129 Å². The standard InChI is InChI=1S/C15H21ClN2O3/c1-11-4-6-15(19,7-5-11)10-17-9-12-8-13(16)2-3-14(12)18(20)21/h2-3,8,11,17,19H,4-7,9-10H2,1H3. The Bertz CT molecular complexity index is 514. The third-order valence-electron chi connectivity index (χ3n) is 4.21. The van der Waals surface area contributed by atoms with E-state index in [-0.39, 0.29) is 5.69 Å². The van der Waals surface area contributed by atoms with Gasteiger partial charge >= 0.3 is 0 Å². The minimum absolute atomic E-state index is 0.0520. The van der Waals surface area contributed by atoms with Crippen molar-refractivity contribution in [3.8, 4) is 0 Å². The highest BCUT2D eigenvalue weighted by Gasteiger charge is 2.31. The molecule has 1 saturated carbocycles. The van der Waals surface area contributed by atoms with Gasteiger partial charge in [-0.25, -0.2) is 0 Å². The van der Waals surface area contributed by atoms with Gasteiger partial charge in [-0.05, 0) is 43.7 Å². The molecule has 0 heterocycles. The van der Waals surface area contributed by atoms with Crippen LogP contribution in [0.1, 0.15) is 38.2 Å². The topological polar surface area (TPSA) is 75.4 Å². The smallest absolute Gasteiger partial charge is 0.273 e. The quantitative estimate of drug-likeness (QED) is 0.646. The zero-order chi connectivity index (χ0) is 15.5. The predicted molar refractivity (Wildman–Crippen MR) is 82.4 cm³/mol. The van der Waals surface area contributed by atoms with Gasteiger partial charge in [0.1, 0.15) is 0 Å². The van der Waals surface area contributed by atoms with Crippen LogP contribution in [-0.2, 0) is 6.54 Å². The Morgan fingerprint density at radius 3 is 2.76 bits per heavy atom. The largest absolute Gasteiger partial charge is 0.389 e. The van der Waals surface area contributed by atoms with E-state index in [1.54, 1.807) is 6.07 Å². The van der Waals surface area contributed by atoms with Gasteiger partial charge in [0.05, 0.1) is 10.5 Å². The molecule has 1 aliphatic rings. The van der Waals surface area contributed by atoms with Crippen LogP contribution in [0.25, 0.3) is 0 Å². The first-order valence-electron chi connectivity index (χ1n) is 7.25. The van der Waals surface area contributed by atoms with Crippen LogP contribution in [0.3, 0.4) is 0 Å². The van der Waals surface area contributed by atoms with Crippen molar-refractivity contribution < 1.29 is 10.0 Å². The molecule has 1 fully saturated rings. The molecule has 1 aromatic rings. The maximum absolute atomic E-state index is 11.0. The highest BCUT2D eigenvalue weighted by atomic mass is 35.5. The van der Waals surface area contributed by atoms with Crippen molar-refractivity contribution in [1.29, 1.82) is 0 Å². The van der Waals surface area contributed by atoms with Gasteiger partial charge in [-0.1, -0.05) is 18.5 Å². The van der Waals surface area contributed by atoms with Crippen molar-refractivity contribution in [3.63, 3.8) is 0 Å². The fourth-order valence-electron chi connectivity index (χ4n) is 2.78. The number of rotatable bonds is 5. The van der Waals surface area contributed by atoms with E-state index in [0.29, 0.717) is 29.6 Å². The number of nitro groups is 1. The van der Waals surface area contributed by atoms with Crippen LogP contribution in [-0.4, -0.2) is 22.2 Å². The molecule has 0 unspecified atom stereocenters. The number of hydrogen-bond donors (Lipinski definition) is 2. The summed E-state index contributed by atoms with van der Waals surface area (Å²) in [6.07, 6.45) is 3.60. The monoisotopic (exact) mass is 312 g/mol. The van der Waals surface area contributed by atoms with Gasteiger partial charge in [0.15, 0.2) is 0 Å². The maximum Gasteiger partial charge on any atom is 0.273 e. The Morgan fingerprint density at radius 1 is 1.48 bits per heavy atom. The lowest BCUT2D eigenvalue weighted by atomic mass is 9.79. The first-order chi connectivity index (χ1) is 9.89. The summed E-state index contributed by atoms with van der Waals surface area (Å²) in [6, 6.07) is 4.52. The molecule has 5 nitrogen and oxygen atoms in total. The fourth-order valence-corrected chi connectivity index (χ4v) is 2.97. The molecule has 0 amide bonds. The molecule has 0 bridgehead atoms. The minimum atomic E-state index is -0.695. The molecule has 0 spiro atoms. The number of nitrogens with one attached hydrogen (secondary N) is 1. The van der Waals surface area contributed by atoms with E-state index in [1.807, 2.05) is 0 Å². The van der Waals surface area contributed by atoms with Gasteiger partial charge in [-0.15, -0.1) is 0 Å². The Balaban J connectivity index is 1.94. The Kier molecular flexibility index (Phi) is 5.19. The van der Waals surface area contributed by atoms with Gasteiger partial charge in [-0.2, -0.15) is 0 Å². The summed E-state index contributed by atoms with van der Waals surface area (Å²) < 4.78 is 0. The zero-order valence-electron chi connectivity index (χ0n) is 12.1. The second-order valence-corrected chi connectivity index (χ2v) is 6.48. The molecular weight excluding hydrogens is 292 g/mol. The van der Waals surface area contributed by atoms with Gasteiger partial charge in [-0.3, -0.25) is 10.1 Å². The number of hydrogen-bond acceptors (Lipinski definition) is 4. The fraction of sp³-hybridized carbons (Fsp3) is 0.600. The van der Waals surface area contributed by atoms with Crippen molar-refractivity contribution >= 4 is 17.3 Å². The first-order valence-corrected chi connectivity index (χ1v) is 7.63. The van der Waals surface area contributed by atoms with Crippen molar-refractivity contribution in [2.24, 2.45) is 5.92 Å². The van der Waals surface area contributed by atoms with Crippen molar-refractivity contribution in [2.45, 2.75) is 44.8 Å². The molecule has 6 heteroatoms. The molecule has 1 aliphatic carbocycles. The molecule has 0 atom stereocenters. The van der Waals surface area contributed by atoms with E-state index in [1.165, 1.54) is 12.1 Å². The van der Waals surface area contributed by atoms with Crippen LogP contribution in [0, 0.1) is 16.0 Å². The molecule has 2 N–H and O–H groups in total. The van der Waals surface area contributed by atoms with Crippen molar-refractivity contribution in [2.75, 3.05) is 6.54 Å². The number of aliphatic hydroxyl groups is 1. The highest BCUT2D eigenvalue weighted by Crippen LogP contribution is 2.31. The number of nitrogens with zero attached hydrogens (tertiary/aromatic N) is 1. The summed E-state index contributed by atoms with van der Waals surface area (Å²) in [4.78, 5) is 10.6. The molecular formula is C15H21ClN2O3. The van der Waals surface area contributed by atoms with Crippen LogP contribution in [0.15, 0.2) is 18.2 Å². The first kappa shape index (κ1) is 16.2. The molecule has 0 aliphatic heterocycles. The summed E-state index contributed by atoms with van der Waals surface area (Å²) in [6.45, 7) is 2.97. The predicted octanol–water partition coefficient (Wildman–Crippen LogP) is 3.28. The van der Waals surface area contributed by atoms with Gasteiger partial charge in [0.2, 0.25) is 0 Å². The van der Waals surface area contributed by atoms with E-state index in [9.17, 15) is 15.2 Å². The van der Waals surface area contributed by atoms with Crippen LogP contribution in [0.2, 0.25) is 5.02 Å². The summed E-state index contributed by atoms with van der Waals surface area (Å²) in [7, 11) is 0. The number of halogens is 1. The van der Waals surface area contributed by atoms with E-state index in [2.05, 4.69) is 12.2 Å². The van der Waals surface area contributed by atoms with Crippen molar-refractivity contribution in [1.82, 2.24) is 5.32 Å². The second-order valence-electron chi connectivity index (χ2n) is 6.04. The Hall–Kier alpha value is -1.17. The summed E-state index contributed by atoms with van der Waals surface area (Å²) >= 11 is 5.89. The third-order valence-corrected chi connectivity index (χ3v) is 4.45. The molecule has 0 radical (unpaired) electrons. The van der Waals surface area contributed by atoms with Gasteiger partial charge in [0.25, 0.3) is 5.69 Å². The molecule has 0 saturated heterocycles. The third kappa shape index (κ3) is 4.40. The molecule has 21 heavy (non-hydrogen) atoms. The van der Waals surface area contributed by atoms with E-state index in [4.69, 9.17) is 11.6 Å². The SMILES string of the molecule is CC1CCC(O)(CNCc2cc(Cl)ccc2[N+](=O)[O-])CC1. The summed E-state index contributed by atoms with van der Waals surface area (Å²) in [5.41, 5.74) is -0.101. The normalized spacial score (nSPS) is 25.8. The van der Waals surface area contributed by atoms with E-state index < -0.39 is 10.5 Å². The van der Waals surface area contributed by atoms with Crippen LogP contribution in [0.5, 0.6) is 0 Å². The summed E-state index contributed by atoms with van der Waals surface area (Å²) in [5.74, 6) is 0.666. The molecule has 116 valence electrons. The summed E-state index contributed by atoms with van der Waals surface area (Å²) in [5, 5.41) is 25.1. The number of benzene rings is 1. The van der Waals surface area contributed by atoms with E-state index >= 15 is 0 Å². The van der Waals surface area contributed by atoms with Crippen molar-refractivity contribution in [3.05, 3.63) is 38.9 Å².